The van der Waals surface area contributed by atoms with Crippen molar-refractivity contribution in [3.8, 4) is 0 Å². The van der Waals surface area contributed by atoms with Gasteiger partial charge in [0.2, 0.25) is 5.91 Å². The largest absolute Gasteiger partial charge is 0.456 e. The lowest BCUT2D eigenvalue weighted by Crippen LogP contribution is -2.53. The molecule has 1 aromatic rings. The molecule has 0 aliphatic carbocycles. The molecule has 1 aromatic heterocycles. The van der Waals surface area contributed by atoms with Crippen molar-refractivity contribution < 1.29 is 23.9 Å². The molecule has 12 heteroatoms. The van der Waals surface area contributed by atoms with Gasteiger partial charge in [0.05, 0.1) is 0 Å². The van der Waals surface area contributed by atoms with E-state index >= 15 is 0 Å². The molecule has 0 saturated carbocycles. The molecule has 1 aliphatic rings. The fraction of sp³-hybridized carbons (Fsp3) is 0.667. The lowest BCUT2D eigenvalue weighted by atomic mass is 10.0. The molecule has 0 bridgehead atoms. The third-order valence-electron chi connectivity index (χ3n) is 6.62. The second-order valence-corrected chi connectivity index (χ2v) is 14.0. The highest BCUT2D eigenvalue weighted by Crippen LogP contribution is 2.32. The number of carbonyl (C=O) groups excluding carboxylic acids is 4. The van der Waals surface area contributed by atoms with E-state index in [0.717, 1.165) is 17.8 Å². The highest BCUT2D eigenvalue weighted by Gasteiger charge is 2.41. The number of Topliss-reactive ketones (excluding diaryl/α,β-unsaturated/α-hetero) is 1. The monoisotopic (exact) mass is 638 g/mol. The SMILES string of the molecule is CCCCCCCC(=O)SCC/C=C/[C@H](CC(C)=O)OC(=O)C(NC(=O)[C@]1(C)CSC(c2csc(CN)n2)=N1)C(C)C. The number of ether oxygens (including phenoxy) is 1. The Morgan fingerprint density at radius 2 is 1.95 bits per heavy atom. The second kappa shape index (κ2) is 18.6. The lowest BCUT2D eigenvalue weighted by Gasteiger charge is -2.27. The van der Waals surface area contributed by atoms with Gasteiger partial charge in [0.25, 0.3) is 0 Å². The molecule has 2 rings (SSSR count). The minimum absolute atomic E-state index is 0.0330. The van der Waals surface area contributed by atoms with Crippen LogP contribution in [-0.2, 0) is 30.5 Å². The highest BCUT2D eigenvalue weighted by atomic mass is 32.2. The van der Waals surface area contributed by atoms with Gasteiger partial charge in [-0.05, 0) is 38.7 Å². The molecule has 234 valence electrons. The number of esters is 1. The summed E-state index contributed by atoms with van der Waals surface area (Å²) in [4.78, 5) is 59.6. The van der Waals surface area contributed by atoms with Gasteiger partial charge in [-0.2, -0.15) is 0 Å². The Morgan fingerprint density at radius 1 is 1.21 bits per heavy atom. The Kier molecular flexibility index (Phi) is 16.0. The Labute approximate surface area is 262 Å². The number of thiazole rings is 1. The molecule has 2 heterocycles. The van der Waals surface area contributed by atoms with Crippen molar-refractivity contribution in [2.24, 2.45) is 16.6 Å². The maximum absolute atomic E-state index is 13.3. The number of aromatic nitrogens is 1. The molecule has 1 unspecified atom stereocenters. The van der Waals surface area contributed by atoms with Crippen LogP contribution in [0, 0.1) is 5.92 Å². The average molecular weight is 639 g/mol. The van der Waals surface area contributed by atoms with E-state index in [1.165, 1.54) is 61.0 Å². The Bertz CT molecular complexity index is 1120. The quantitative estimate of drug-likeness (QED) is 0.115. The van der Waals surface area contributed by atoms with E-state index < -0.39 is 23.7 Å². The van der Waals surface area contributed by atoms with Crippen LogP contribution in [0.25, 0.3) is 0 Å². The number of unbranched alkanes of at least 4 members (excludes halogenated alkanes) is 4. The Morgan fingerprint density at radius 3 is 2.60 bits per heavy atom. The van der Waals surface area contributed by atoms with Gasteiger partial charge in [-0.3, -0.25) is 19.4 Å². The number of nitrogens with zero attached hydrogens (tertiary/aromatic N) is 2. The van der Waals surface area contributed by atoms with Gasteiger partial charge in [0, 0.05) is 36.3 Å². The van der Waals surface area contributed by atoms with Crippen molar-refractivity contribution in [1.29, 1.82) is 0 Å². The second-order valence-electron chi connectivity index (χ2n) is 11.0. The van der Waals surface area contributed by atoms with E-state index in [1.807, 2.05) is 25.3 Å². The van der Waals surface area contributed by atoms with Crippen LogP contribution in [0.15, 0.2) is 22.5 Å². The first kappa shape index (κ1) is 36.2. The van der Waals surface area contributed by atoms with Crippen LogP contribution in [0.2, 0.25) is 0 Å². The normalized spacial score (nSPS) is 18.2. The number of nitrogens with one attached hydrogen (secondary N) is 1. The van der Waals surface area contributed by atoms with Crippen molar-refractivity contribution in [2.75, 3.05) is 11.5 Å². The zero-order chi connectivity index (χ0) is 31.1. The van der Waals surface area contributed by atoms with E-state index in [4.69, 9.17) is 10.5 Å². The summed E-state index contributed by atoms with van der Waals surface area (Å²) < 4.78 is 5.70. The average Bonchev–Trinajstić information content (AvgIpc) is 3.58. The molecule has 3 atom stereocenters. The molecule has 1 aliphatic heterocycles. The van der Waals surface area contributed by atoms with Crippen LogP contribution in [0.1, 0.15) is 96.7 Å². The molecular weight excluding hydrogens is 593 g/mol. The van der Waals surface area contributed by atoms with E-state index in [0.29, 0.717) is 41.6 Å². The number of rotatable bonds is 19. The van der Waals surface area contributed by atoms with E-state index in [9.17, 15) is 19.2 Å². The summed E-state index contributed by atoms with van der Waals surface area (Å²) in [6.07, 6.45) is 9.61. The van der Waals surface area contributed by atoms with Crippen molar-refractivity contribution in [3.63, 3.8) is 0 Å². The molecule has 0 saturated heterocycles. The van der Waals surface area contributed by atoms with Crippen molar-refractivity contribution >= 4 is 62.7 Å². The highest BCUT2D eigenvalue weighted by molar-refractivity contribution is 8.14. The number of thioether (sulfide) groups is 2. The topological polar surface area (TPSA) is 141 Å². The van der Waals surface area contributed by atoms with Crippen LogP contribution < -0.4 is 11.1 Å². The minimum Gasteiger partial charge on any atom is -0.456 e. The minimum atomic E-state index is -1.07. The van der Waals surface area contributed by atoms with Crippen molar-refractivity contribution in [1.82, 2.24) is 10.3 Å². The van der Waals surface area contributed by atoms with Gasteiger partial charge < -0.3 is 15.8 Å². The maximum Gasteiger partial charge on any atom is 0.329 e. The van der Waals surface area contributed by atoms with E-state index in [2.05, 4.69) is 22.2 Å². The fourth-order valence-corrected chi connectivity index (χ4v) is 6.77. The van der Waals surface area contributed by atoms with Crippen LogP contribution in [0.4, 0.5) is 0 Å². The lowest BCUT2D eigenvalue weighted by molar-refractivity contribution is -0.153. The van der Waals surface area contributed by atoms with Gasteiger partial charge in [-0.25, -0.2) is 9.78 Å². The first-order chi connectivity index (χ1) is 20.0. The Balaban J connectivity index is 1.93. The van der Waals surface area contributed by atoms with Crippen LogP contribution in [0.5, 0.6) is 0 Å². The summed E-state index contributed by atoms with van der Waals surface area (Å²) in [7, 11) is 0. The number of aliphatic imine (C=N–C) groups is 1. The summed E-state index contributed by atoms with van der Waals surface area (Å²) in [6.45, 7) is 9.34. The number of nitrogens with two attached hydrogens (primary N) is 1. The predicted molar refractivity (Wildman–Crippen MR) is 174 cm³/mol. The molecule has 0 fully saturated rings. The summed E-state index contributed by atoms with van der Waals surface area (Å²) in [5.74, 6) is -0.304. The van der Waals surface area contributed by atoms with Gasteiger partial charge in [-0.15, -0.1) is 23.1 Å². The number of allylic oxidation sites excluding steroid dienone is 1. The first-order valence-electron chi connectivity index (χ1n) is 14.7. The van der Waals surface area contributed by atoms with Crippen molar-refractivity contribution in [3.05, 3.63) is 28.2 Å². The number of hydrogen-bond acceptors (Lipinski definition) is 11. The van der Waals surface area contributed by atoms with E-state index in [1.54, 1.807) is 13.0 Å². The van der Waals surface area contributed by atoms with Crippen LogP contribution in [-0.4, -0.2) is 62.0 Å². The molecule has 0 aromatic carbocycles. The number of amides is 1. The van der Waals surface area contributed by atoms with Crippen molar-refractivity contribution in [2.45, 2.75) is 110 Å². The smallest absolute Gasteiger partial charge is 0.329 e. The van der Waals surface area contributed by atoms with Crippen LogP contribution >= 0.6 is 34.9 Å². The summed E-state index contributed by atoms with van der Waals surface area (Å²) in [5, 5.41) is 6.38. The molecule has 0 radical (unpaired) electrons. The maximum atomic E-state index is 13.3. The van der Waals surface area contributed by atoms with Gasteiger partial charge in [-0.1, -0.05) is 64.3 Å². The third-order valence-corrected chi connectivity index (χ3v) is 9.74. The van der Waals surface area contributed by atoms with Crippen LogP contribution in [0.3, 0.4) is 0 Å². The fourth-order valence-electron chi connectivity index (χ4n) is 4.13. The third kappa shape index (κ3) is 12.3. The molecule has 0 spiro atoms. The molecule has 3 N–H and O–H groups in total. The van der Waals surface area contributed by atoms with E-state index in [-0.39, 0.29) is 29.1 Å². The molecule has 1 amide bonds. The van der Waals surface area contributed by atoms with Gasteiger partial charge >= 0.3 is 5.97 Å². The summed E-state index contributed by atoms with van der Waals surface area (Å²) in [5.41, 5.74) is 5.30. The predicted octanol–water partition coefficient (Wildman–Crippen LogP) is 5.45. The number of ketones is 1. The zero-order valence-corrected chi connectivity index (χ0v) is 27.9. The zero-order valence-electron chi connectivity index (χ0n) is 25.5. The number of carbonyl (C=O) groups is 4. The van der Waals surface area contributed by atoms with Gasteiger partial charge in [0.1, 0.15) is 39.2 Å². The first-order valence-corrected chi connectivity index (χ1v) is 17.5. The standard InChI is InChI=1S/C30H46N4O5S3/c1-6-7-8-9-10-14-25(36)40-15-12-11-13-22(16-21(4)35)39-28(37)26(20(2)3)33-29(38)30(5)19-42-27(34-30)23-18-41-24(17-31)32-23/h11,13,18,20,22,26H,6-10,12,14-17,19,31H2,1-5H3,(H,33,38)/b13-11+/t22-,26?,30+/m1/s1. The van der Waals surface area contributed by atoms with Gasteiger partial charge in [0.15, 0.2) is 5.12 Å². The number of hydrogen-bond donors (Lipinski definition) is 2. The molecular formula is C30H46N4O5S3. The molecule has 42 heavy (non-hydrogen) atoms. The summed E-state index contributed by atoms with van der Waals surface area (Å²) >= 11 is 4.21. The Hall–Kier alpha value is -2.02. The summed E-state index contributed by atoms with van der Waals surface area (Å²) in [6, 6.07) is -0.907. The molecule has 9 nitrogen and oxygen atoms in total.